The third-order valence-electron chi connectivity index (χ3n) is 12.5. The van der Waals surface area contributed by atoms with Crippen LogP contribution in [0.1, 0.15) is 33.4 Å². The minimum atomic E-state index is -0.651. The van der Waals surface area contributed by atoms with Crippen LogP contribution in [0.25, 0.3) is 33.4 Å². The fourth-order valence-electron chi connectivity index (χ4n) is 9.74. The summed E-state index contributed by atoms with van der Waals surface area (Å²) in [6, 6.07) is 82.8. The Morgan fingerprint density at radius 1 is 0.339 bits per heavy atom. The summed E-state index contributed by atoms with van der Waals surface area (Å²) in [5.41, 5.74) is 20.3. The highest BCUT2D eigenvalue weighted by atomic mass is 15.2. The van der Waals surface area contributed by atoms with Crippen molar-refractivity contribution in [3.8, 4) is 33.4 Å². The predicted molar refractivity (Wildman–Crippen MR) is 246 cm³/mol. The van der Waals surface area contributed by atoms with Crippen molar-refractivity contribution in [1.29, 1.82) is 0 Å². The molecule has 2 aliphatic rings. The standard InChI is InChI=1S/C57H42N2/c1-40-36-44(41-18-6-2-7-19-41)30-31-47(40)39-58-53-28-16-14-26-49(53)57(50-27-15-17-29-54(50)58)51-37-45(42-20-8-3-9-21-42)32-34-55(51)59(48-24-12-5-13-25-48)56-35-33-46(38-52(56)57)43-22-10-4-11-23-43/h2-38H,39H2,1H3. The van der Waals surface area contributed by atoms with Crippen LogP contribution in [0, 0.1) is 6.92 Å². The van der Waals surface area contributed by atoms with Gasteiger partial charge in [0.1, 0.15) is 0 Å². The van der Waals surface area contributed by atoms with E-state index in [1.807, 2.05) is 0 Å². The minimum absolute atomic E-state index is 0.651. The van der Waals surface area contributed by atoms with E-state index in [4.69, 9.17) is 0 Å². The van der Waals surface area contributed by atoms with Crippen molar-refractivity contribution in [3.05, 3.63) is 258 Å². The van der Waals surface area contributed by atoms with E-state index in [1.165, 1.54) is 89.5 Å². The number of para-hydroxylation sites is 3. The Morgan fingerprint density at radius 2 is 0.746 bits per heavy atom. The molecule has 0 saturated carbocycles. The van der Waals surface area contributed by atoms with E-state index in [-0.39, 0.29) is 0 Å². The number of nitrogens with zero attached hydrogens (tertiary/aromatic N) is 2. The predicted octanol–water partition coefficient (Wildman–Crippen LogP) is 14.8. The molecule has 1 spiro atoms. The molecule has 0 N–H and O–H groups in total. The van der Waals surface area contributed by atoms with Gasteiger partial charge in [-0.15, -0.1) is 0 Å². The zero-order valence-electron chi connectivity index (χ0n) is 33.0. The van der Waals surface area contributed by atoms with Crippen LogP contribution in [0.5, 0.6) is 0 Å². The molecule has 0 aliphatic carbocycles. The van der Waals surface area contributed by atoms with Crippen molar-refractivity contribution in [2.45, 2.75) is 18.9 Å². The number of anilines is 5. The van der Waals surface area contributed by atoms with Crippen LogP contribution in [0.15, 0.2) is 224 Å². The molecule has 2 heterocycles. The molecule has 2 heteroatoms. The number of fused-ring (bicyclic) bond motifs is 8. The third-order valence-corrected chi connectivity index (χ3v) is 12.5. The van der Waals surface area contributed by atoms with Gasteiger partial charge in [0.25, 0.3) is 0 Å². The fraction of sp³-hybridized carbons (Fsp3) is 0.0526. The van der Waals surface area contributed by atoms with Gasteiger partial charge >= 0.3 is 0 Å². The minimum Gasteiger partial charge on any atom is -0.336 e. The van der Waals surface area contributed by atoms with E-state index in [0.717, 1.165) is 12.2 Å². The number of hydrogen-bond acceptors (Lipinski definition) is 2. The first-order valence-corrected chi connectivity index (χ1v) is 20.5. The zero-order chi connectivity index (χ0) is 39.3. The average Bonchev–Trinajstić information content (AvgIpc) is 3.31. The zero-order valence-corrected chi connectivity index (χ0v) is 33.0. The molecule has 0 radical (unpaired) electrons. The Morgan fingerprint density at radius 3 is 1.22 bits per heavy atom. The molecule has 59 heavy (non-hydrogen) atoms. The number of rotatable bonds is 6. The van der Waals surface area contributed by atoms with Gasteiger partial charge in [0.05, 0.1) is 16.8 Å². The average molecular weight is 755 g/mol. The van der Waals surface area contributed by atoms with Crippen LogP contribution in [-0.2, 0) is 12.0 Å². The van der Waals surface area contributed by atoms with E-state index in [1.54, 1.807) is 0 Å². The second-order valence-corrected chi connectivity index (χ2v) is 15.7. The smallest absolute Gasteiger partial charge is 0.0783 e. The summed E-state index contributed by atoms with van der Waals surface area (Å²) >= 11 is 0. The lowest BCUT2D eigenvalue weighted by molar-refractivity contribution is 0.705. The van der Waals surface area contributed by atoms with E-state index in [2.05, 4.69) is 241 Å². The Hall–Kier alpha value is -7.42. The summed E-state index contributed by atoms with van der Waals surface area (Å²) in [7, 11) is 0. The quantitative estimate of drug-likeness (QED) is 0.167. The lowest BCUT2D eigenvalue weighted by Crippen LogP contribution is -2.42. The van der Waals surface area contributed by atoms with Crippen molar-refractivity contribution in [3.63, 3.8) is 0 Å². The van der Waals surface area contributed by atoms with E-state index in [9.17, 15) is 0 Å². The molecule has 11 rings (SSSR count). The summed E-state index contributed by atoms with van der Waals surface area (Å²) in [6.07, 6.45) is 0. The monoisotopic (exact) mass is 754 g/mol. The molecule has 9 aromatic carbocycles. The molecule has 9 aromatic rings. The second kappa shape index (κ2) is 14.2. The third kappa shape index (κ3) is 5.63. The molecule has 0 unspecified atom stereocenters. The number of benzene rings is 9. The summed E-state index contributed by atoms with van der Waals surface area (Å²) < 4.78 is 0. The molecule has 2 nitrogen and oxygen atoms in total. The second-order valence-electron chi connectivity index (χ2n) is 15.7. The largest absolute Gasteiger partial charge is 0.336 e. The molecule has 280 valence electrons. The molecule has 0 aromatic heterocycles. The summed E-state index contributed by atoms with van der Waals surface area (Å²) in [4.78, 5) is 5.04. The molecular weight excluding hydrogens is 713 g/mol. The summed E-state index contributed by atoms with van der Waals surface area (Å²) in [5.74, 6) is 0. The Balaban J connectivity index is 1.20. The van der Waals surface area contributed by atoms with E-state index >= 15 is 0 Å². The van der Waals surface area contributed by atoms with Gasteiger partial charge in [-0.1, -0.05) is 176 Å². The molecule has 0 atom stereocenters. The Bertz CT molecular complexity index is 2830. The van der Waals surface area contributed by atoms with Gasteiger partial charge in [0.2, 0.25) is 0 Å². The lowest BCUT2D eigenvalue weighted by Gasteiger charge is -2.51. The van der Waals surface area contributed by atoms with Crippen LogP contribution in [0.2, 0.25) is 0 Å². The van der Waals surface area contributed by atoms with E-state index < -0.39 is 5.41 Å². The maximum Gasteiger partial charge on any atom is 0.0783 e. The lowest BCUT2D eigenvalue weighted by atomic mass is 9.59. The topological polar surface area (TPSA) is 6.48 Å². The highest BCUT2D eigenvalue weighted by Gasteiger charge is 2.52. The molecular formula is C57H42N2. The first-order chi connectivity index (χ1) is 29.2. The van der Waals surface area contributed by atoms with Crippen LogP contribution in [0.3, 0.4) is 0 Å². The normalized spacial score (nSPS) is 13.3. The Kier molecular flexibility index (Phi) is 8.37. The van der Waals surface area contributed by atoms with Crippen LogP contribution >= 0.6 is 0 Å². The van der Waals surface area contributed by atoms with Crippen LogP contribution in [-0.4, -0.2) is 0 Å². The molecule has 0 fully saturated rings. The van der Waals surface area contributed by atoms with Crippen molar-refractivity contribution < 1.29 is 0 Å². The van der Waals surface area contributed by atoms with Gasteiger partial charge in [0, 0.05) is 23.6 Å². The van der Waals surface area contributed by atoms with Crippen molar-refractivity contribution in [2.24, 2.45) is 0 Å². The van der Waals surface area contributed by atoms with Gasteiger partial charge in [0.15, 0.2) is 0 Å². The number of aryl methyl sites for hydroxylation is 1. The fourth-order valence-corrected chi connectivity index (χ4v) is 9.74. The van der Waals surface area contributed by atoms with Gasteiger partial charge in [-0.2, -0.15) is 0 Å². The van der Waals surface area contributed by atoms with Crippen LogP contribution < -0.4 is 9.80 Å². The van der Waals surface area contributed by atoms with Gasteiger partial charge in [-0.05, 0) is 122 Å². The van der Waals surface area contributed by atoms with Gasteiger partial charge in [-0.25, -0.2) is 0 Å². The Labute approximate surface area is 346 Å². The maximum atomic E-state index is 2.56. The highest BCUT2D eigenvalue weighted by Crippen LogP contribution is 2.64. The van der Waals surface area contributed by atoms with Crippen molar-refractivity contribution >= 4 is 28.4 Å². The molecule has 2 aliphatic heterocycles. The van der Waals surface area contributed by atoms with Crippen LogP contribution in [0.4, 0.5) is 28.4 Å². The molecule has 0 bridgehead atoms. The SMILES string of the molecule is Cc1cc(-c2ccccc2)ccc1CN1c2ccccc2C2(c3ccccc31)c1cc(-c3ccccc3)ccc1N(c1ccccc1)c1ccc(-c3ccccc3)cc12. The molecule has 0 saturated heterocycles. The maximum absolute atomic E-state index is 2.56. The summed E-state index contributed by atoms with van der Waals surface area (Å²) in [5, 5.41) is 0. The van der Waals surface area contributed by atoms with E-state index in [0.29, 0.717) is 0 Å². The van der Waals surface area contributed by atoms with Crippen molar-refractivity contribution in [1.82, 2.24) is 0 Å². The van der Waals surface area contributed by atoms with Gasteiger partial charge in [-0.3, -0.25) is 0 Å². The number of hydrogen-bond donors (Lipinski definition) is 0. The first-order valence-electron chi connectivity index (χ1n) is 20.5. The molecule has 0 amide bonds. The van der Waals surface area contributed by atoms with Gasteiger partial charge < -0.3 is 9.80 Å². The first kappa shape index (κ1) is 34.8. The summed E-state index contributed by atoms with van der Waals surface area (Å²) in [6.45, 7) is 3.00. The van der Waals surface area contributed by atoms with Crippen molar-refractivity contribution in [2.75, 3.05) is 9.80 Å². The highest BCUT2D eigenvalue weighted by molar-refractivity contribution is 5.96.